The molecule has 86 valence electrons. The molecule has 0 amide bonds. The summed E-state index contributed by atoms with van der Waals surface area (Å²) in [6.07, 6.45) is 1.38. The number of rotatable bonds is 1. The van der Waals surface area contributed by atoms with Crippen molar-refractivity contribution in [2.24, 2.45) is 0 Å². The number of aromatic nitrogens is 6. The largest absolute Gasteiger partial charge is 0.412 e. The van der Waals surface area contributed by atoms with Crippen molar-refractivity contribution < 1.29 is 5.48 Å². The predicted molar refractivity (Wildman–Crippen MR) is 58.7 cm³/mol. The summed E-state index contributed by atoms with van der Waals surface area (Å²) in [6.45, 7) is 0. The molecule has 0 aliphatic heterocycles. The number of aromatic amines is 1. The van der Waals surface area contributed by atoms with E-state index in [1.807, 2.05) is 6.07 Å². The topological polar surface area (TPSA) is 121 Å². The van der Waals surface area contributed by atoms with Crippen LogP contribution in [0, 0.1) is 0 Å². The first-order valence-corrected chi connectivity index (χ1v) is 4.56. The predicted octanol–water partition coefficient (Wildman–Crippen LogP) is -0.926. The van der Waals surface area contributed by atoms with Crippen LogP contribution in [0.15, 0.2) is 35.4 Å². The van der Waals surface area contributed by atoms with E-state index in [-0.39, 0.29) is 17.0 Å². The molecule has 8 heteroatoms. The Bertz CT molecular complexity index is 690. The molecule has 3 N–H and O–H groups in total. The average Bonchev–Trinajstić information content (AvgIpc) is 2.83. The summed E-state index contributed by atoms with van der Waals surface area (Å²) in [7, 11) is 0. The SMILES string of the molecule is O.O=c1c2ccccc2ncn1-c1nn[nH]n1. The zero-order valence-corrected chi connectivity index (χ0v) is 8.53. The van der Waals surface area contributed by atoms with Gasteiger partial charge in [-0.25, -0.2) is 9.55 Å². The Balaban J connectivity index is 0.00000108. The zero-order chi connectivity index (χ0) is 11.0. The Morgan fingerprint density at radius 2 is 2.06 bits per heavy atom. The van der Waals surface area contributed by atoms with Crippen LogP contribution < -0.4 is 5.56 Å². The van der Waals surface area contributed by atoms with Crippen LogP contribution in [-0.2, 0) is 0 Å². The van der Waals surface area contributed by atoms with Gasteiger partial charge in [0.1, 0.15) is 6.33 Å². The van der Waals surface area contributed by atoms with Gasteiger partial charge >= 0.3 is 0 Å². The maximum atomic E-state index is 12.0. The number of H-pyrrole nitrogens is 1. The second-order valence-corrected chi connectivity index (χ2v) is 3.15. The van der Waals surface area contributed by atoms with Gasteiger partial charge < -0.3 is 5.48 Å². The quantitative estimate of drug-likeness (QED) is 0.581. The molecular formula is C9H8N6O2. The van der Waals surface area contributed by atoms with Gasteiger partial charge in [-0.05, 0) is 17.3 Å². The Morgan fingerprint density at radius 1 is 1.24 bits per heavy atom. The minimum atomic E-state index is -0.216. The van der Waals surface area contributed by atoms with Gasteiger partial charge in [0, 0.05) is 0 Å². The smallest absolute Gasteiger partial charge is 0.278 e. The maximum Gasteiger partial charge on any atom is 0.278 e. The maximum absolute atomic E-state index is 12.0. The Hall–Kier alpha value is -2.61. The van der Waals surface area contributed by atoms with Crippen molar-refractivity contribution in [3.8, 4) is 5.95 Å². The molecule has 1 aromatic carbocycles. The molecule has 2 heterocycles. The molecule has 0 fully saturated rings. The summed E-state index contributed by atoms with van der Waals surface area (Å²) in [5.41, 5.74) is 0.430. The van der Waals surface area contributed by atoms with Gasteiger partial charge in [-0.15, -0.1) is 5.10 Å². The van der Waals surface area contributed by atoms with Crippen molar-refractivity contribution in [2.45, 2.75) is 0 Å². The number of benzene rings is 1. The van der Waals surface area contributed by atoms with Crippen LogP contribution in [0.2, 0.25) is 0 Å². The molecule has 8 nitrogen and oxygen atoms in total. The van der Waals surface area contributed by atoms with Gasteiger partial charge in [0.15, 0.2) is 0 Å². The van der Waals surface area contributed by atoms with Crippen LogP contribution in [0.5, 0.6) is 0 Å². The fraction of sp³-hybridized carbons (Fsp3) is 0. The van der Waals surface area contributed by atoms with Crippen LogP contribution in [0.3, 0.4) is 0 Å². The van der Waals surface area contributed by atoms with Gasteiger partial charge in [-0.1, -0.05) is 17.2 Å². The van der Waals surface area contributed by atoms with Crippen LogP contribution in [-0.4, -0.2) is 35.7 Å². The molecule has 0 aliphatic carbocycles. The number of hydrogen-bond acceptors (Lipinski definition) is 5. The van der Waals surface area contributed by atoms with E-state index in [1.165, 1.54) is 10.9 Å². The van der Waals surface area contributed by atoms with Crippen molar-refractivity contribution in [1.29, 1.82) is 0 Å². The first-order chi connectivity index (χ1) is 7.86. The molecule has 0 unspecified atom stereocenters. The summed E-state index contributed by atoms with van der Waals surface area (Å²) in [6, 6.07) is 7.10. The van der Waals surface area contributed by atoms with E-state index in [1.54, 1.807) is 18.2 Å². The lowest BCUT2D eigenvalue weighted by atomic mass is 10.2. The van der Waals surface area contributed by atoms with Crippen LogP contribution in [0.25, 0.3) is 16.9 Å². The van der Waals surface area contributed by atoms with Crippen LogP contribution in [0.4, 0.5) is 0 Å². The van der Waals surface area contributed by atoms with Gasteiger partial charge in [-0.3, -0.25) is 4.79 Å². The monoisotopic (exact) mass is 232 g/mol. The number of fused-ring (bicyclic) bond motifs is 1. The number of hydrogen-bond donors (Lipinski definition) is 1. The third kappa shape index (κ3) is 1.66. The van der Waals surface area contributed by atoms with Crippen molar-refractivity contribution in [1.82, 2.24) is 30.2 Å². The van der Waals surface area contributed by atoms with Gasteiger partial charge in [-0.2, -0.15) is 5.21 Å². The number of nitrogens with zero attached hydrogens (tertiary/aromatic N) is 5. The molecule has 3 aromatic rings. The van der Waals surface area contributed by atoms with Crippen molar-refractivity contribution >= 4 is 10.9 Å². The van der Waals surface area contributed by atoms with Crippen LogP contribution >= 0.6 is 0 Å². The summed E-state index contributed by atoms with van der Waals surface area (Å²) >= 11 is 0. The number of tetrazole rings is 1. The summed E-state index contributed by atoms with van der Waals surface area (Å²) < 4.78 is 1.24. The standard InChI is InChI=1S/C9H6N6O.H2O/c16-8-6-3-1-2-4-7(6)10-5-15(8)9-11-13-14-12-9;/h1-5H,(H,11,12,13,14);1H2. The van der Waals surface area contributed by atoms with E-state index in [0.29, 0.717) is 10.9 Å². The molecule has 3 rings (SSSR count). The highest BCUT2D eigenvalue weighted by Crippen LogP contribution is 2.05. The molecular weight excluding hydrogens is 224 g/mol. The summed E-state index contributed by atoms with van der Waals surface area (Å²) in [4.78, 5) is 16.2. The third-order valence-electron chi connectivity index (χ3n) is 2.22. The first kappa shape index (κ1) is 10.9. The molecule has 0 atom stereocenters. The van der Waals surface area contributed by atoms with Crippen molar-refractivity contribution in [2.75, 3.05) is 0 Å². The lowest BCUT2D eigenvalue weighted by molar-refractivity contribution is 0.824. The first-order valence-electron chi connectivity index (χ1n) is 4.56. The van der Waals surface area contributed by atoms with Gasteiger partial charge in [0.2, 0.25) is 0 Å². The van der Waals surface area contributed by atoms with Gasteiger partial charge in [0.25, 0.3) is 11.5 Å². The second kappa shape index (κ2) is 4.10. The minimum Gasteiger partial charge on any atom is -0.412 e. The average molecular weight is 232 g/mol. The molecule has 2 aromatic heterocycles. The van der Waals surface area contributed by atoms with Gasteiger partial charge in [0.05, 0.1) is 10.9 Å². The minimum absolute atomic E-state index is 0. The Morgan fingerprint density at radius 3 is 2.82 bits per heavy atom. The summed E-state index contributed by atoms with van der Waals surface area (Å²) in [5, 5.41) is 13.7. The van der Waals surface area contributed by atoms with E-state index in [2.05, 4.69) is 25.6 Å². The summed E-state index contributed by atoms with van der Waals surface area (Å²) in [5.74, 6) is 0.184. The molecule has 0 saturated carbocycles. The van der Waals surface area contributed by atoms with E-state index < -0.39 is 0 Å². The zero-order valence-electron chi connectivity index (χ0n) is 8.53. The van der Waals surface area contributed by atoms with E-state index in [4.69, 9.17) is 0 Å². The number of para-hydroxylation sites is 1. The normalized spacial score (nSPS) is 10.1. The Kier molecular flexibility index (Phi) is 2.63. The lowest BCUT2D eigenvalue weighted by Gasteiger charge is -2.00. The molecule has 0 radical (unpaired) electrons. The fourth-order valence-corrected chi connectivity index (χ4v) is 1.47. The van der Waals surface area contributed by atoms with E-state index >= 15 is 0 Å². The molecule has 0 saturated heterocycles. The Labute approximate surface area is 94.2 Å². The highest BCUT2D eigenvalue weighted by Gasteiger charge is 2.07. The second-order valence-electron chi connectivity index (χ2n) is 3.15. The highest BCUT2D eigenvalue weighted by molar-refractivity contribution is 5.77. The van der Waals surface area contributed by atoms with Crippen LogP contribution in [0.1, 0.15) is 0 Å². The number of nitrogens with one attached hydrogen (secondary N) is 1. The molecule has 17 heavy (non-hydrogen) atoms. The van der Waals surface area contributed by atoms with Crippen molar-refractivity contribution in [3.05, 3.63) is 40.9 Å². The van der Waals surface area contributed by atoms with E-state index in [0.717, 1.165) is 0 Å². The molecule has 0 spiro atoms. The van der Waals surface area contributed by atoms with Crippen molar-refractivity contribution in [3.63, 3.8) is 0 Å². The third-order valence-corrected chi connectivity index (χ3v) is 2.22. The van der Waals surface area contributed by atoms with E-state index in [9.17, 15) is 4.79 Å². The molecule has 0 bridgehead atoms. The lowest BCUT2D eigenvalue weighted by Crippen LogP contribution is -2.19. The fourth-order valence-electron chi connectivity index (χ4n) is 1.47. The molecule has 0 aliphatic rings. The highest BCUT2D eigenvalue weighted by atomic mass is 16.1.